The molecule has 146 valence electrons. The molecular formula is C25H21N5. The summed E-state index contributed by atoms with van der Waals surface area (Å²) < 4.78 is 0. The molecule has 5 aromatic rings. The molecule has 0 aromatic carbocycles. The minimum atomic E-state index is 0.885. The van der Waals surface area contributed by atoms with Crippen LogP contribution in [-0.4, -0.2) is 24.9 Å². The van der Waals surface area contributed by atoms with Crippen LogP contribution >= 0.6 is 0 Å². The molecule has 0 unspecified atom stereocenters. The maximum Gasteiger partial charge on any atom is 0.0872 e. The quantitative estimate of drug-likeness (QED) is 0.406. The number of H-pyrrole nitrogens is 2. The summed E-state index contributed by atoms with van der Waals surface area (Å²) in [5.74, 6) is 0. The molecule has 5 aromatic heterocycles. The maximum atomic E-state index is 4.86. The van der Waals surface area contributed by atoms with Gasteiger partial charge in [-0.05, 0) is 74.5 Å². The van der Waals surface area contributed by atoms with Crippen molar-refractivity contribution in [1.29, 1.82) is 0 Å². The van der Waals surface area contributed by atoms with E-state index in [1.54, 1.807) is 0 Å². The zero-order valence-corrected chi connectivity index (χ0v) is 16.8. The molecule has 5 nitrogen and oxygen atoms in total. The fraction of sp³-hybridized carbons (Fsp3) is 0.0800. The Kier molecular flexibility index (Phi) is 4.48. The number of hydrogen-bond donors (Lipinski definition) is 2. The van der Waals surface area contributed by atoms with Gasteiger partial charge < -0.3 is 9.97 Å². The number of nitrogens with one attached hydrogen (secondary N) is 2. The molecule has 5 heterocycles. The lowest BCUT2D eigenvalue weighted by Gasteiger charge is -2.03. The van der Waals surface area contributed by atoms with E-state index in [2.05, 4.69) is 19.9 Å². The van der Waals surface area contributed by atoms with Gasteiger partial charge >= 0.3 is 0 Å². The molecule has 0 aliphatic rings. The van der Waals surface area contributed by atoms with Crippen LogP contribution in [0.2, 0.25) is 0 Å². The highest BCUT2D eigenvalue weighted by molar-refractivity contribution is 5.68. The van der Waals surface area contributed by atoms with Gasteiger partial charge in [0, 0.05) is 11.4 Å². The number of aromatic amines is 2. The smallest absolute Gasteiger partial charge is 0.0872 e. The van der Waals surface area contributed by atoms with Crippen LogP contribution < -0.4 is 0 Å². The average molecular weight is 391 g/mol. The third-order valence-electron chi connectivity index (χ3n) is 5.00. The summed E-state index contributed by atoms with van der Waals surface area (Å²) in [5, 5.41) is 0. The first-order chi connectivity index (χ1) is 14.7. The summed E-state index contributed by atoms with van der Waals surface area (Å²) in [6.45, 7) is 3.99. The van der Waals surface area contributed by atoms with Crippen LogP contribution in [0.15, 0.2) is 78.9 Å². The third-order valence-corrected chi connectivity index (χ3v) is 5.00. The first-order valence-electron chi connectivity index (χ1n) is 9.90. The van der Waals surface area contributed by atoms with Crippen molar-refractivity contribution in [1.82, 2.24) is 24.9 Å². The van der Waals surface area contributed by atoms with E-state index in [1.807, 2.05) is 92.7 Å². The number of pyridine rings is 3. The molecule has 0 bridgehead atoms. The molecule has 0 radical (unpaired) electrons. The van der Waals surface area contributed by atoms with E-state index in [-0.39, 0.29) is 0 Å². The Hall–Kier alpha value is -3.99. The highest BCUT2D eigenvalue weighted by Crippen LogP contribution is 2.26. The monoisotopic (exact) mass is 391 g/mol. The van der Waals surface area contributed by atoms with Gasteiger partial charge in [-0.1, -0.05) is 18.2 Å². The van der Waals surface area contributed by atoms with Crippen molar-refractivity contribution >= 4 is 0 Å². The van der Waals surface area contributed by atoms with Gasteiger partial charge in [0.1, 0.15) is 0 Å². The van der Waals surface area contributed by atoms with Gasteiger partial charge in [-0.3, -0.25) is 9.97 Å². The van der Waals surface area contributed by atoms with Crippen molar-refractivity contribution < 1.29 is 0 Å². The van der Waals surface area contributed by atoms with E-state index in [1.165, 1.54) is 0 Å². The van der Waals surface area contributed by atoms with E-state index >= 15 is 0 Å². The SMILES string of the molecule is Cc1cccc(-c2ccc(-c3cccc(-c4ccc(-c5cccc(C)n5)[nH]4)n3)[nH]2)n1. The van der Waals surface area contributed by atoms with E-state index < -0.39 is 0 Å². The lowest BCUT2D eigenvalue weighted by molar-refractivity contribution is 1.18. The highest BCUT2D eigenvalue weighted by atomic mass is 14.9. The van der Waals surface area contributed by atoms with Crippen LogP contribution in [0.5, 0.6) is 0 Å². The van der Waals surface area contributed by atoms with Crippen molar-refractivity contribution in [3.8, 4) is 45.6 Å². The topological polar surface area (TPSA) is 70.2 Å². The van der Waals surface area contributed by atoms with Crippen LogP contribution in [0.3, 0.4) is 0 Å². The lowest BCUT2D eigenvalue weighted by Crippen LogP contribution is -1.90. The second-order valence-electron chi connectivity index (χ2n) is 7.31. The van der Waals surface area contributed by atoms with E-state index in [4.69, 9.17) is 4.98 Å². The van der Waals surface area contributed by atoms with Gasteiger partial charge in [-0.15, -0.1) is 0 Å². The standard InChI is InChI=1S/C25H21N5/c1-16-6-3-8-18(26-16)22-12-14-24(29-22)20-10-5-11-21(28-20)25-15-13-23(30-25)19-9-4-7-17(2)27-19/h3-15,29-30H,1-2H3. The predicted octanol–water partition coefficient (Wildman–Crippen LogP) is 5.81. The van der Waals surface area contributed by atoms with E-state index in [9.17, 15) is 0 Å². The number of nitrogens with zero attached hydrogens (tertiary/aromatic N) is 3. The number of rotatable bonds is 4. The summed E-state index contributed by atoms with van der Waals surface area (Å²) in [6, 6.07) is 26.3. The Morgan fingerprint density at radius 2 is 0.767 bits per heavy atom. The third kappa shape index (κ3) is 3.53. The van der Waals surface area contributed by atoms with Crippen LogP contribution in [-0.2, 0) is 0 Å². The first-order valence-corrected chi connectivity index (χ1v) is 9.90. The molecule has 0 fully saturated rings. The molecule has 0 aliphatic carbocycles. The van der Waals surface area contributed by atoms with Crippen LogP contribution in [0.25, 0.3) is 45.6 Å². The Morgan fingerprint density at radius 3 is 1.13 bits per heavy atom. The largest absolute Gasteiger partial charge is 0.352 e. The predicted molar refractivity (Wildman–Crippen MR) is 120 cm³/mol. The Labute approximate surface area is 174 Å². The minimum Gasteiger partial charge on any atom is -0.352 e. The van der Waals surface area contributed by atoms with Crippen molar-refractivity contribution in [3.05, 3.63) is 90.3 Å². The lowest BCUT2D eigenvalue weighted by atomic mass is 10.2. The van der Waals surface area contributed by atoms with Crippen LogP contribution in [0.1, 0.15) is 11.4 Å². The molecule has 0 atom stereocenters. The number of aryl methyl sites for hydroxylation is 2. The zero-order valence-electron chi connectivity index (χ0n) is 16.8. The fourth-order valence-electron chi connectivity index (χ4n) is 3.51. The molecule has 2 N–H and O–H groups in total. The Morgan fingerprint density at radius 1 is 0.433 bits per heavy atom. The first kappa shape index (κ1) is 18.1. The van der Waals surface area contributed by atoms with Crippen molar-refractivity contribution in [2.24, 2.45) is 0 Å². The molecule has 0 saturated heterocycles. The van der Waals surface area contributed by atoms with E-state index in [0.717, 1.165) is 56.9 Å². The molecule has 0 amide bonds. The number of hydrogen-bond acceptors (Lipinski definition) is 3. The van der Waals surface area contributed by atoms with Gasteiger partial charge in [0.15, 0.2) is 0 Å². The zero-order chi connectivity index (χ0) is 20.5. The van der Waals surface area contributed by atoms with Crippen LogP contribution in [0.4, 0.5) is 0 Å². The van der Waals surface area contributed by atoms with E-state index in [0.29, 0.717) is 0 Å². The normalized spacial score (nSPS) is 11.0. The summed E-state index contributed by atoms with van der Waals surface area (Å²) in [7, 11) is 0. The Bertz CT molecular complexity index is 1230. The van der Waals surface area contributed by atoms with Crippen molar-refractivity contribution in [2.45, 2.75) is 13.8 Å². The second-order valence-corrected chi connectivity index (χ2v) is 7.31. The van der Waals surface area contributed by atoms with Crippen molar-refractivity contribution in [2.75, 3.05) is 0 Å². The molecular weight excluding hydrogens is 370 g/mol. The average Bonchev–Trinajstić information content (AvgIpc) is 3.44. The molecule has 0 aliphatic heterocycles. The second kappa shape index (κ2) is 7.44. The van der Waals surface area contributed by atoms with Gasteiger partial charge in [0.05, 0.1) is 45.6 Å². The van der Waals surface area contributed by atoms with Crippen molar-refractivity contribution in [3.63, 3.8) is 0 Å². The summed E-state index contributed by atoms with van der Waals surface area (Å²) >= 11 is 0. The van der Waals surface area contributed by atoms with Crippen LogP contribution in [0, 0.1) is 13.8 Å². The summed E-state index contributed by atoms with van der Waals surface area (Å²) in [6.07, 6.45) is 0. The molecule has 5 rings (SSSR count). The van der Waals surface area contributed by atoms with Gasteiger partial charge in [-0.2, -0.15) is 0 Å². The highest BCUT2D eigenvalue weighted by Gasteiger charge is 2.10. The summed E-state index contributed by atoms with van der Waals surface area (Å²) in [5.41, 5.74) is 9.50. The fourth-order valence-corrected chi connectivity index (χ4v) is 3.51. The molecule has 0 saturated carbocycles. The molecule has 30 heavy (non-hydrogen) atoms. The minimum absolute atomic E-state index is 0.885. The summed E-state index contributed by atoms with van der Waals surface area (Å²) in [4.78, 5) is 20.9. The molecule has 5 heteroatoms. The van der Waals surface area contributed by atoms with Gasteiger partial charge in [0.25, 0.3) is 0 Å². The van der Waals surface area contributed by atoms with Gasteiger partial charge in [-0.25, -0.2) is 4.98 Å². The molecule has 0 spiro atoms. The van der Waals surface area contributed by atoms with Gasteiger partial charge in [0.2, 0.25) is 0 Å². The Balaban J connectivity index is 1.46. The maximum absolute atomic E-state index is 4.86. The number of aromatic nitrogens is 5.